The lowest BCUT2D eigenvalue weighted by atomic mass is 10.0. The zero-order valence-electron chi connectivity index (χ0n) is 20.4. The summed E-state index contributed by atoms with van der Waals surface area (Å²) < 4.78 is 16.3. The van der Waals surface area contributed by atoms with E-state index in [9.17, 15) is 9.59 Å². The number of carbonyl (C=O) groups is 2. The summed E-state index contributed by atoms with van der Waals surface area (Å²) in [5, 5.41) is 2.81. The number of anilines is 2. The summed E-state index contributed by atoms with van der Waals surface area (Å²) in [6.07, 6.45) is 3.34. The molecule has 1 aromatic heterocycles. The van der Waals surface area contributed by atoms with E-state index >= 15 is 0 Å². The van der Waals surface area contributed by atoms with Crippen LogP contribution in [0.2, 0.25) is 0 Å². The van der Waals surface area contributed by atoms with E-state index in [-0.39, 0.29) is 5.91 Å². The van der Waals surface area contributed by atoms with E-state index in [2.05, 4.69) is 19.7 Å². The van der Waals surface area contributed by atoms with Gasteiger partial charge in [0, 0.05) is 30.4 Å². The lowest BCUT2D eigenvalue weighted by molar-refractivity contribution is -0.120. The second kappa shape index (κ2) is 12.5. The molecule has 0 spiro atoms. The van der Waals surface area contributed by atoms with Crippen LogP contribution in [0.1, 0.15) is 5.56 Å². The van der Waals surface area contributed by atoms with Gasteiger partial charge in [0.1, 0.15) is 11.8 Å². The smallest absolute Gasteiger partial charge is 0.326 e. The Morgan fingerprint density at radius 2 is 1.84 bits per heavy atom. The Bertz CT molecular complexity index is 1300. The van der Waals surface area contributed by atoms with E-state index in [4.69, 9.17) is 9.15 Å². The van der Waals surface area contributed by atoms with Gasteiger partial charge in [-0.3, -0.25) is 9.52 Å². The minimum Gasteiger partial charge on any atom is -0.497 e. The first-order valence-corrected chi connectivity index (χ1v) is 12.3. The molecule has 3 N–H and O–H groups in total. The van der Waals surface area contributed by atoms with Gasteiger partial charge in [-0.25, -0.2) is 9.78 Å². The average Bonchev–Trinajstić information content (AvgIpc) is 3.48. The molecular formula is C27H27N5O4S. The van der Waals surface area contributed by atoms with Crippen molar-refractivity contribution in [2.75, 3.05) is 23.8 Å². The third-order valence-corrected chi connectivity index (χ3v) is 6.19. The Morgan fingerprint density at radius 3 is 2.54 bits per heavy atom. The molecule has 1 unspecified atom stereocenters. The Kier molecular flexibility index (Phi) is 8.66. The predicted octanol–water partition coefficient (Wildman–Crippen LogP) is 4.90. The fourth-order valence-electron chi connectivity index (χ4n) is 3.63. The number of hydrogen-bond acceptors (Lipinski definition) is 7. The van der Waals surface area contributed by atoms with Gasteiger partial charge in [-0.05, 0) is 42.0 Å². The van der Waals surface area contributed by atoms with Gasteiger partial charge >= 0.3 is 6.03 Å². The minimum atomic E-state index is -0.787. The Morgan fingerprint density at radius 1 is 1.05 bits per heavy atom. The highest BCUT2D eigenvalue weighted by molar-refractivity contribution is 7.99. The van der Waals surface area contributed by atoms with Crippen LogP contribution in [0.25, 0.3) is 11.3 Å². The van der Waals surface area contributed by atoms with Crippen LogP contribution in [0.4, 0.5) is 16.2 Å². The van der Waals surface area contributed by atoms with Crippen LogP contribution in [0.15, 0.2) is 95.9 Å². The van der Waals surface area contributed by atoms with Crippen LogP contribution < -0.4 is 24.4 Å². The number of methoxy groups -OCH3 is 1. The molecule has 0 radical (unpaired) electrons. The zero-order chi connectivity index (χ0) is 26.0. The van der Waals surface area contributed by atoms with Gasteiger partial charge in [-0.15, -0.1) is 0 Å². The molecule has 3 amide bonds. The molecule has 0 saturated carbocycles. The van der Waals surface area contributed by atoms with Gasteiger partial charge in [0.05, 0.1) is 25.4 Å². The molecule has 0 fully saturated rings. The van der Waals surface area contributed by atoms with Crippen molar-refractivity contribution in [3.05, 3.63) is 97.0 Å². The minimum absolute atomic E-state index is 0.248. The highest BCUT2D eigenvalue weighted by Gasteiger charge is 2.25. The van der Waals surface area contributed by atoms with Crippen molar-refractivity contribution < 1.29 is 18.7 Å². The summed E-state index contributed by atoms with van der Waals surface area (Å²) in [4.78, 5) is 31.6. The first kappa shape index (κ1) is 25.6. The van der Waals surface area contributed by atoms with Gasteiger partial charge in [0.25, 0.3) is 0 Å². The normalized spacial score (nSPS) is 11.3. The van der Waals surface area contributed by atoms with Crippen molar-refractivity contribution in [1.82, 2.24) is 15.0 Å². The second-order valence-electron chi connectivity index (χ2n) is 8.06. The van der Waals surface area contributed by atoms with E-state index in [0.29, 0.717) is 23.6 Å². The first-order valence-electron chi connectivity index (χ1n) is 11.5. The second-order valence-corrected chi connectivity index (χ2v) is 8.68. The maximum absolute atomic E-state index is 13.4. The van der Waals surface area contributed by atoms with Crippen molar-refractivity contribution >= 4 is 35.4 Å². The van der Waals surface area contributed by atoms with Crippen molar-refractivity contribution in [2.24, 2.45) is 0 Å². The summed E-state index contributed by atoms with van der Waals surface area (Å²) in [6.45, 7) is 0. The number of nitrogens with zero attached hydrogens (tertiary/aromatic N) is 2. The van der Waals surface area contributed by atoms with E-state index in [0.717, 1.165) is 28.9 Å². The molecular weight excluding hydrogens is 490 g/mol. The summed E-state index contributed by atoms with van der Waals surface area (Å²) in [5.74, 6) is 1.09. The van der Waals surface area contributed by atoms with Crippen LogP contribution in [-0.2, 0) is 11.2 Å². The van der Waals surface area contributed by atoms with Gasteiger partial charge in [0.15, 0.2) is 12.2 Å². The fourth-order valence-corrected chi connectivity index (χ4v) is 4.08. The molecule has 4 rings (SSSR count). The third-order valence-electron chi connectivity index (χ3n) is 5.57. The summed E-state index contributed by atoms with van der Waals surface area (Å²) in [5.41, 5.74) is 3.23. The van der Waals surface area contributed by atoms with E-state index in [1.165, 1.54) is 11.3 Å². The van der Waals surface area contributed by atoms with Crippen LogP contribution in [-0.4, -0.2) is 37.1 Å². The molecule has 37 heavy (non-hydrogen) atoms. The third kappa shape index (κ3) is 7.05. The average molecular weight is 518 g/mol. The van der Waals surface area contributed by atoms with Crippen molar-refractivity contribution in [3.63, 3.8) is 0 Å². The maximum atomic E-state index is 13.4. The maximum Gasteiger partial charge on any atom is 0.326 e. The van der Waals surface area contributed by atoms with Crippen LogP contribution in [0.3, 0.4) is 0 Å². The Labute approximate surface area is 219 Å². The number of carbonyl (C=O) groups excluding carboxylic acids is 2. The molecule has 0 aliphatic rings. The molecule has 4 aromatic rings. The van der Waals surface area contributed by atoms with Gasteiger partial charge < -0.3 is 24.1 Å². The number of rotatable bonds is 10. The van der Waals surface area contributed by atoms with E-state index in [1.807, 2.05) is 54.6 Å². The molecule has 0 aliphatic carbocycles. The Hall–Kier alpha value is -4.44. The molecule has 9 nitrogen and oxygen atoms in total. The van der Waals surface area contributed by atoms with Crippen LogP contribution >= 0.6 is 12.1 Å². The first-order chi connectivity index (χ1) is 18.0. The topological polar surface area (TPSA) is 109 Å². The van der Waals surface area contributed by atoms with Crippen LogP contribution in [0, 0.1) is 0 Å². The zero-order valence-corrected chi connectivity index (χ0v) is 21.2. The molecule has 3 aromatic carbocycles. The number of ether oxygens (including phenoxy) is 1. The summed E-state index contributed by atoms with van der Waals surface area (Å²) >= 11 is 0.992. The number of amides is 3. The SMILES string of the molecule is COc1ccc(N(C)C(=O)C(Cc2ccccc2)NC(=O)NSNc2cccc(-c3cnco3)c2)cc1. The number of oxazole rings is 1. The Balaban J connectivity index is 1.38. The molecule has 190 valence electrons. The van der Waals surface area contributed by atoms with Gasteiger partial charge in [-0.1, -0.05) is 42.5 Å². The number of aromatic nitrogens is 1. The largest absolute Gasteiger partial charge is 0.497 e. The van der Waals surface area contributed by atoms with Crippen molar-refractivity contribution in [3.8, 4) is 17.1 Å². The highest BCUT2D eigenvalue weighted by Crippen LogP contribution is 2.23. The molecule has 1 heterocycles. The van der Waals surface area contributed by atoms with E-state index in [1.54, 1.807) is 44.6 Å². The lowest BCUT2D eigenvalue weighted by Crippen LogP contribution is -2.50. The number of urea groups is 1. The molecule has 0 saturated heterocycles. The molecule has 0 aliphatic heterocycles. The molecule has 1 atom stereocenters. The van der Waals surface area contributed by atoms with Crippen LogP contribution in [0.5, 0.6) is 5.75 Å². The summed E-state index contributed by atoms with van der Waals surface area (Å²) in [7, 11) is 3.27. The molecule has 0 bridgehead atoms. The monoisotopic (exact) mass is 517 g/mol. The summed E-state index contributed by atoms with van der Waals surface area (Å²) in [6, 6.07) is 22.9. The lowest BCUT2D eigenvalue weighted by Gasteiger charge is -2.25. The number of nitrogens with one attached hydrogen (secondary N) is 3. The van der Waals surface area contributed by atoms with Gasteiger partial charge in [-0.2, -0.15) is 0 Å². The quantitative estimate of drug-likeness (QED) is 0.257. The fraction of sp³-hybridized carbons (Fsp3) is 0.148. The van der Waals surface area contributed by atoms with Crippen molar-refractivity contribution in [2.45, 2.75) is 12.5 Å². The molecule has 10 heteroatoms. The number of benzene rings is 3. The number of hydrogen-bond donors (Lipinski definition) is 3. The highest BCUT2D eigenvalue weighted by atomic mass is 32.2. The van der Waals surface area contributed by atoms with E-state index < -0.39 is 12.1 Å². The number of likely N-dealkylation sites (N-methyl/N-ethyl adjacent to an activating group) is 1. The predicted molar refractivity (Wildman–Crippen MR) is 145 cm³/mol. The van der Waals surface area contributed by atoms with Gasteiger partial charge in [0.2, 0.25) is 5.91 Å². The standard InChI is InChI=1S/C27H27N5O4S/c1-32(22-11-13-23(35-2)14-12-22)26(33)24(15-19-7-4-3-5-8-19)29-27(34)31-37-30-21-10-6-9-20(16-21)25-17-28-18-36-25/h3-14,16-18,24,30H,15H2,1-2H3,(H2,29,31,34). The van der Waals surface area contributed by atoms with Crippen molar-refractivity contribution in [1.29, 1.82) is 0 Å².